The van der Waals surface area contributed by atoms with E-state index < -0.39 is 10.0 Å². The zero-order chi connectivity index (χ0) is 14.9. The van der Waals surface area contributed by atoms with E-state index in [1.165, 1.54) is 16.9 Å². The van der Waals surface area contributed by atoms with Crippen molar-refractivity contribution in [2.24, 2.45) is 0 Å². The van der Waals surface area contributed by atoms with Crippen molar-refractivity contribution >= 4 is 26.9 Å². The molecule has 0 saturated carbocycles. The van der Waals surface area contributed by atoms with Gasteiger partial charge in [-0.25, -0.2) is 18.4 Å². The Morgan fingerprint density at radius 3 is 3.19 bits per heavy atom. The summed E-state index contributed by atoms with van der Waals surface area (Å²) in [5.41, 5.74) is 1.66. The average Bonchev–Trinajstić information content (AvgIpc) is 2.93. The van der Waals surface area contributed by atoms with Crippen molar-refractivity contribution in [2.75, 3.05) is 37.8 Å². The molecule has 21 heavy (non-hydrogen) atoms. The fourth-order valence-corrected chi connectivity index (χ4v) is 3.18. The number of anilines is 1. The summed E-state index contributed by atoms with van der Waals surface area (Å²) in [6.45, 7) is 1.65. The molecule has 9 heteroatoms. The summed E-state index contributed by atoms with van der Waals surface area (Å²) in [5, 5.41) is 3.19. The summed E-state index contributed by atoms with van der Waals surface area (Å²) >= 11 is 0. The summed E-state index contributed by atoms with van der Waals surface area (Å²) in [6, 6.07) is 1.87. The summed E-state index contributed by atoms with van der Waals surface area (Å²) in [6.07, 6.45) is 4.31. The second kappa shape index (κ2) is 5.58. The number of rotatable bonds is 4. The van der Waals surface area contributed by atoms with E-state index in [0.717, 1.165) is 11.0 Å². The largest absolute Gasteiger partial charge is 0.374 e. The fraction of sp³-hybridized carbons (Fsp3) is 0.500. The van der Waals surface area contributed by atoms with Crippen molar-refractivity contribution < 1.29 is 13.2 Å². The maximum absolute atomic E-state index is 11.6. The lowest BCUT2D eigenvalue weighted by Crippen LogP contribution is -2.47. The molecule has 0 amide bonds. The molecule has 2 aromatic rings. The molecule has 8 nitrogen and oxygen atoms in total. The lowest BCUT2D eigenvalue weighted by atomic mass is 10.3. The lowest BCUT2D eigenvalue weighted by molar-refractivity contribution is 0.00702. The number of aromatic amines is 1. The van der Waals surface area contributed by atoms with Gasteiger partial charge in [-0.2, -0.15) is 4.31 Å². The Labute approximate surface area is 122 Å². The van der Waals surface area contributed by atoms with Crippen LogP contribution in [-0.2, 0) is 14.8 Å². The SMILES string of the molecule is CS(=O)(=O)N1CCOC(CNc2ncnc3cc[nH]c23)C1. The van der Waals surface area contributed by atoms with Crippen LogP contribution in [-0.4, -0.2) is 66.3 Å². The van der Waals surface area contributed by atoms with Crippen LogP contribution in [0.4, 0.5) is 5.82 Å². The second-order valence-corrected chi connectivity index (χ2v) is 6.94. The number of hydrogen-bond donors (Lipinski definition) is 2. The maximum Gasteiger partial charge on any atom is 0.211 e. The summed E-state index contributed by atoms with van der Waals surface area (Å²) in [4.78, 5) is 11.4. The number of H-pyrrole nitrogens is 1. The molecule has 1 fully saturated rings. The Kier molecular flexibility index (Phi) is 3.79. The van der Waals surface area contributed by atoms with Gasteiger partial charge in [0.15, 0.2) is 5.82 Å². The zero-order valence-corrected chi connectivity index (χ0v) is 12.4. The van der Waals surface area contributed by atoms with Crippen LogP contribution in [0.25, 0.3) is 11.0 Å². The van der Waals surface area contributed by atoms with E-state index in [2.05, 4.69) is 20.3 Å². The van der Waals surface area contributed by atoms with Gasteiger partial charge in [0.05, 0.1) is 24.5 Å². The topological polar surface area (TPSA) is 100 Å². The predicted molar refractivity (Wildman–Crippen MR) is 78.5 cm³/mol. The van der Waals surface area contributed by atoms with Crippen molar-refractivity contribution in [3.8, 4) is 0 Å². The monoisotopic (exact) mass is 311 g/mol. The van der Waals surface area contributed by atoms with Crippen molar-refractivity contribution in [3.05, 3.63) is 18.6 Å². The van der Waals surface area contributed by atoms with Crippen molar-refractivity contribution in [3.63, 3.8) is 0 Å². The summed E-state index contributed by atoms with van der Waals surface area (Å²) in [5.74, 6) is 0.685. The molecule has 1 saturated heterocycles. The van der Waals surface area contributed by atoms with Crippen molar-refractivity contribution in [1.82, 2.24) is 19.3 Å². The molecule has 1 aliphatic heterocycles. The predicted octanol–water partition coefficient (Wildman–Crippen LogP) is 0.0302. The first-order valence-corrected chi connectivity index (χ1v) is 8.47. The smallest absolute Gasteiger partial charge is 0.211 e. The Morgan fingerprint density at radius 1 is 1.52 bits per heavy atom. The standard InChI is InChI=1S/C12H17N5O3S/c1-21(18,19)17-4-5-20-9(7-17)6-14-12-11-10(2-3-13-11)15-8-16-12/h2-3,8-9,13H,4-7H2,1H3,(H,14,15,16). The highest BCUT2D eigenvalue weighted by atomic mass is 32.2. The number of ether oxygens (including phenoxy) is 1. The summed E-state index contributed by atoms with van der Waals surface area (Å²) < 4.78 is 30.2. The molecule has 2 aromatic heterocycles. The van der Waals surface area contributed by atoms with E-state index in [0.29, 0.717) is 32.1 Å². The molecule has 3 heterocycles. The first kappa shape index (κ1) is 14.2. The number of fused-ring (bicyclic) bond motifs is 1. The molecule has 0 radical (unpaired) electrons. The normalized spacial score (nSPS) is 20.7. The van der Waals surface area contributed by atoms with Crippen LogP contribution in [0.1, 0.15) is 0 Å². The minimum atomic E-state index is -3.17. The molecular weight excluding hydrogens is 294 g/mol. The quantitative estimate of drug-likeness (QED) is 0.826. The molecular formula is C12H17N5O3S. The van der Waals surface area contributed by atoms with Crippen molar-refractivity contribution in [1.29, 1.82) is 0 Å². The Bertz CT molecular complexity index is 729. The van der Waals surface area contributed by atoms with Gasteiger partial charge in [0, 0.05) is 25.8 Å². The van der Waals surface area contributed by atoms with Crippen LogP contribution < -0.4 is 5.32 Å². The highest BCUT2D eigenvalue weighted by Crippen LogP contribution is 2.17. The third-order valence-electron chi connectivity index (χ3n) is 3.41. The zero-order valence-electron chi connectivity index (χ0n) is 11.6. The van der Waals surface area contributed by atoms with Gasteiger partial charge in [0.2, 0.25) is 10.0 Å². The summed E-state index contributed by atoms with van der Waals surface area (Å²) in [7, 11) is -3.17. The van der Waals surface area contributed by atoms with Gasteiger partial charge in [-0.05, 0) is 6.07 Å². The van der Waals surface area contributed by atoms with Crippen LogP contribution in [0.2, 0.25) is 0 Å². The number of sulfonamides is 1. The van der Waals surface area contributed by atoms with Gasteiger partial charge in [0.25, 0.3) is 0 Å². The van der Waals surface area contributed by atoms with Crippen LogP contribution >= 0.6 is 0 Å². The fourth-order valence-electron chi connectivity index (χ4n) is 2.33. The molecule has 114 valence electrons. The third-order valence-corrected chi connectivity index (χ3v) is 4.68. The van der Waals surface area contributed by atoms with Gasteiger partial charge < -0.3 is 15.0 Å². The third kappa shape index (κ3) is 3.14. The molecule has 0 aliphatic carbocycles. The first-order valence-electron chi connectivity index (χ1n) is 6.63. The molecule has 1 unspecified atom stereocenters. The Morgan fingerprint density at radius 2 is 2.38 bits per heavy atom. The average molecular weight is 311 g/mol. The van der Waals surface area contributed by atoms with Gasteiger partial charge >= 0.3 is 0 Å². The maximum atomic E-state index is 11.6. The van der Waals surface area contributed by atoms with Gasteiger partial charge in [-0.3, -0.25) is 0 Å². The molecule has 0 bridgehead atoms. The van der Waals surface area contributed by atoms with Crippen LogP contribution in [0.15, 0.2) is 18.6 Å². The van der Waals surface area contributed by atoms with E-state index in [-0.39, 0.29) is 6.10 Å². The highest BCUT2D eigenvalue weighted by molar-refractivity contribution is 7.88. The van der Waals surface area contributed by atoms with Crippen LogP contribution in [0, 0.1) is 0 Å². The molecule has 3 rings (SSSR count). The Hall–Kier alpha value is -1.71. The molecule has 2 N–H and O–H groups in total. The minimum Gasteiger partial charge on any atom is -0.374 e. The van der Waals surface area contributed by atoms with E-state index in [1.807, 2.05) is 6.07 Å². The van der Waals surface area contributed by atoms with Crippen LogP contribution in [0.3, 0.4) is 0 Å². The molecule has 0 spiro atoms. The number of hydrogen-bond acceptors (Lipinski definition) is 6. The van der Waals surface area contributed by atoms with Crippen LogP contribution in [0.5, 0.6) is 0 Å². The highest BCUT2D eigenvalue weighted by Gasteiger charge is 2.26. The van der Waals surface area contributed by atoms with E-state index >= 15 is 0 Å². The molecule has 0 aromatic carbocycles. The number of nitrogens with one attached hydrogen (secondary N) is 2. The lowest BCUT2D eigenvalue weighted by Gasteiger charge is -2.31. The first-order chi connectivity index (χ1) is 10.0. The van der Waals surface area contributed by atoms with E-state index in [1.54, 1.807) is 6.20 Å². The van der Waals surface area contributed by atoms with E-state index in [4.69, 9.17) is 4.74 Å². The van der Waals surface area contributed by atoms with Gasteiger partial charge in [0.1, 0.15) is 11.8 Å². The van der Waals surface area contributed by atoms with Gasteiger partial charge in [-0.1, -0.05) is 0 Å². The molecule has 1 aliphatic rings. The number of nitrogens with zero attached hydrogens (tertiary/aromatic N) is 3. The van der Waals surface area contributed by atoms with Crippen molar-refractivity contribution in [2.45, 2.75) is 6.10 Å². The molecule has 1 atom stereocenters. The minimum absolute atomic E-state index is 0.201. The van der Waals surface area contributed by atoms with Gasteiger partial charge in [-0.15, -0.1) is 0 Å². The number of morpholine rings is 1. The second-order valence-electron chi connectivity index (χ2n) is 4.95. The number of aromatic nitrogens is 3. The Balaban J connectivity index is 1.66. The van der Waals surface area contributed by atoms with E-state index in [9.17, 15) is 8.42 Å².